The van der Waals surface area contributed by atoms with Gasteiger partial charge in [-0.25, -0.2) is 0 Å². The van der Waals surface area contributed by atoms with Gasteiger partial charge in [0.15, 0.2) is 0 Å². The average Bonchev–Trinajstić information content (AvgIpc) is 2.42. The van der Waals surface area contributed by atoms with Crippen molar-refractivity contribution in [2.24, 2.45) is 0 Å². The van der Waals surface area contributed by atoms with Gasteiger partial charge in [0.05, 0.1) is 6.10 Å². The molecule has 1 aliphatic rings. The molecule has 1 aliphatic heterocycles. The lowest BCUT2D eigenvalue weighted by atomic mass is 10.2. The van der Waals surface area contributed by atoms with E-state index < -0.39 is 0 Å². The van der Waals surface area contributed by atoms with Gasteiger partial charge in [-0.15, -0.1) is 0 Å². The SMILES string of the molecule is COC1Cc2cccn2C1. The predicted octanol–water partition coefficient (Wildman–Crippen LogP) is 1.06. The van der Waals surface area contributed by atoms with Gasteiger partial charge in [0.25, 0.3) is 0 Å². The van der Waals surface area contributed by atoms with Crippen LogP contribution in [-0.4, -0.2) is 17.8 Å². The molecule has 0 amide bonds. The zero-order chi connectivity index (χ0) is 6.97. The molecule has 2 heteroatoms. The van der Waals surface area contributed by atoms with Gasteiger partial charge in [-0.05, 0) is 12.1 Å². The maximum absolute atomic E-state index is 5.23. The molecule has 1 unspecified atom stereocenters. The minimum atomic E-state index is 0.413. The van der Waals surface area contributed by atoms with E-state index in [1.807, 2.05) is 0 Å². The summed E-state index contributed by atoms with van der Waals surface area (Å²) in [7, 11) is 1.77. The van der Waals surface area contributed by atoms with Crippen LogP contribution in [0.4, 0.5) is 0 Å². The number of hydrogen-bond acceptors (Lipinski definition) is 1. The van der Waals surface area contributed by atoms with Gasteiger partial charge in [0.2, 0.25) is 0 Å². The van der Waals surface area contributed by atoms with E-state index >= 15 is 0 Å². The Morgan fingerprint density at radius 3 is 3.30 bits per heavy atom. The van der Waals surface area contributed by atoms with Crippen LogP contribution in [0.5, 0.6) is 0 Å². The maximum atomic E-state index is 5.23. The second-order valence-electron chi connectivity index (χ2n) is 2.71. The highest BCUT2D eigenvalue weighted by molar-refractivity contribution is 5.12. The Morgan fingerprint density at radius 2 is 2.60 bits per heavy atom. The van der Waals surface area contributed by atoms with Gasteiger partial charge < -0.3 is 9.30 Å². The summed E-state index contributed by atoms with van der Waals surface area (Å²) < 4.78 is 7.48. The number of hydrogen-bond donors (Lipinski definition) is 0. The first-order valence-corrected chi connectivity index (χ1v) is 3.57. The molecule has 0 saturated heterocycles. The number of fused-ring (bicyclic) bond motifs is 1. The molecule has 0 saturated carbocycles. The number of rotatable bonds is 1. The molecule has 54 valence electrons. The van der Waals surface area contributed by atoms with Gasteiger partial charge in [-0.1, -0.05) is 0 Å². The van der Waals surface area contributed by atoms with Crippen molar-refractivity contribution in [2.45, 2.75) is 19.1 Å². The van der Waals surface area contributed by atoms with Crippen molar-refractivity contribution in [3.05, 3.63) is 24.0 Å². The standard InChI is InChI=1S/C8H11NO/c1-10-8-5-7-3-2-4-9(7)6-8/h2-4,8H,5-6H2,1H3. The van der Waals surface area contributed by atoms with Crippen molar-refractivity contribution < 1.29 is 4.74 Å². The lowest BCUT2D eigenvalue weighted by Crippen LogP contribution is -2.10. The van der Waals surface area contributed by atoms with Gasteiger partial charge in [-0.2, -0.15) is 0 Å². The van der Waals surface area contributed by atoms with Crippen molar-refractivity contribution in [3.8, 4) is 0 Å². The first kappa shape index (κ1) is 5.98. The molecule has 10 heavy (non-hydrogen) atoms. The first-order valence-electron chi connectivity index (χ1n) is 3.57. The summed E-state index contributed by atoms with van der Waals surface area (Å²) in [5.41, 5.74) is 1.40. The fourth-order valence-electron chi connectivity index (χ4n) is 1.49. The van der Waals surface area contributed by atoms with Gasteiger partial charge >= 0.3 is 0 Å². The third kappa shape index (κ3) is 0.762. The zero-order valence-corrected chi connectivity index (χ0v) is 6.08. The van der Waals surface area contributed by atoms with E-state index in [1.165, 1.54) is 5.69 Å². The first-order chi connectivity index (χ1) is 4.90. The van der Waals surface area contributed by atoms with Crippen molar-refractivity contribution in [1.82, 2.24) is 4.57 Å². The van der Waals surface area contributed by atoms with E-state index in [0.717, 1.165) is 13.0 Å². The quantitative estimate of drug-likeness (QED) is 0.564. The van der Waals surface area contributed by atoms with E-state index in [0.29, 0.717) is 6.10 Å². The summed E-state index contributed by atoms with van der Waals surface area (Å²) >= 11 is 0. The minimum absolute atomic E-state index is 0.413. The van der Waals surface area contributed by atoms with Crippen LogP contribution in [0.25, 0.3) is 0 Å². The summed E-state index contributed by atoms with van der Waals surface area (Å²) in [6, 6.07) is 4.24. The Balaban J connectivity index is 2.21. The number of ether oxygens (including phenoxy) is 1. The van der Waals surface area contributed by atoms with Crippen LogP contribution in [0, 0.1) is 0 Å². The molecule has 0 aliphatic carbocycles. The molecule has 1 atom stereocenters. The lowest BCUT2D eigenvalue weighted by Gasteiger charge is -2.03. The van der Waals surface area contributed by atoms with Crippen LogP contribution in [0.3, 0.4) is 0 Å². The largest absolute Gasteiger partial charge is 0.379 e. The van der Waals surface area contributed by atoms with E-state index in [9.17, 15) is 0 Å². The summed E-state index contributed by atoms with van der Waals surface area (Å²) in [6.45, 7) is 1.03. The smallest absolute Gasteiger partial charge is 0.0804 e. The fourth-order valence-corrected chi connectivity index (χ4v) is 1.49. The van der Waals surface area contributed by atoms with Gasteiger partial charge in [0, 0.05) is 32.0 Å². The van der Waals surface area contributed by atoms with Crippen molar-refractivity contribution in [2.75, 3.05) is 7.11 Å². The van der Waals surface area contributed by atoms with Crippen LogP contribution in [-0.2, 0) is 17.7 Å². The zero-order valence-electron chi connectivity index (χ0n) is 6.08. The molecule has 2 rings (SSSR count). The topological polar surface area (TPSA) is 14.2 Å². The highest BCUT2D eigenvalue weighted by atomic mass is 16.5. The van der Waals surface area contributed by atoms with Crippen LogP contribution in [0.2, 0.25) is 0 Å². The molecule has 0 fully saturated rings. The highest BCUT2D eigenvalue weighted by Crippen LogP contribution is 2.16. The third-order valence-electron chi connectivity index (χ3n) is 2.09. The summed E-state index contributed by atoms with van der Waals surface area (Å²) in [5.74, 6) is 0. The Kier molecular flexibility index (Phi) is 1.27. The molecule has 0 spiro atoms. The normalized spacial score (nSPS) is 23.1. The highest BCUT2D eigenvalue weighted by Gasteiger charge is 2.18. The Bertz CT molecular complexity index is 208. The van der Waals surface area contributed by atoms with Crippen molar-refractivity contribution in [1.29, 1.82) is 0 Å². The van der Waals surface area contributed by atoms with E-state index in [2.05, 4.69) is 22.9 Å². The van der Waals surface area contributed by atoms with Gasteiger partial charge in [0.1, 0.15) is 0 Å². The summed E-state index contributed by atoms with van der Waals surface area (Å²) in [4.78, 5) is 0. The molecular weight excluding hydrogens is 126 g/mol. The molecule has 1 aromatic heterocycles. The van der Waals surface area contributed by atoms with E-state index in [1.54, 1.807) is 7.11 Å². The predicted molar refractivity (Wildman–Crippen MR) is 38.9 cm³/mol. The molecule has 2 heterocycles. The number of aromatic nitrogens is 1. The molecule has 2 nitrogen and oxygen atoms in total. The summed E-state index contributed by atoms with van der Waals surface area (Å²) in [6.07, 6.45) is 3.59. The molecule has 0 radical (unpaired) electrons. The molecular formula is C8H11NO. The number of methoxy groups -OCH3 is 1. The lowest BCUT2D eigenvalue weighted by molar-refractivity contribution is 0.104. The second-order valence-corrected chi connectivity index (χ2v) is 2.71. The van der Waals surface area contributed by atoms with E-state index in [4.69, 9.17) is 4.74 Å². The number of nitrogens with zero attached hydrogens (tertiary/aromatic N) is 1. The Hall–Kier alpha value is -0.760. The molecule has 0 aromatic carbocycles. The van der Waals surface area contributed by atoms with Crippen molar-refractivity contribution >= 4 is 0 Å². The Labute approximate surface area is 60.4 Å². The van der Waals surface area contributed by atoms with Gasteiger partial charge in [-0.3, -0.25) is 0 Å². The monoisotopic (exact) mass is 137 g/mol. The van der Waals surface area contributed by atoms with Crippen LogP contribution < -0.4 is 0 Å². The average molecular weight is 137 g/mol. The third-order valence-corrected chi connectivity index (χ3v) is 2.09. The minimum Gasteiger partial charge on any atom is -0.379 e. The molecule has 0 bridgehead atoms. The van der Waals surface area contributed by atoms with Crippen LogP contribution in [0.15, 0.2) is 18.3 Å². The Morgan fingerprint density at radius 1 is 1.70 bits per heavy atom. The van der Waals surface area contributed by atoms with Crippen molar-refractivity contribution in [3.63, 3.8) is 0 Å². The molecule has 1 aromatic rings. The second kappa shape index (κ2) is 2.13. The summed E-state index contributed by atoms with van der Waals surface area (Å²) in [5, 5.41) is 0. The van der Waals surface area contributed by atoms with Crippen LogP contribution in [0.1, 0.15) is 5.69 Å². The van der Waals surface area contributed by atoms with Crippen LogP contribution >= 0.6 is 0 Å². The molecule has 0 N–H and O–H groups in total. The maximum Gasteiger partial charge on any atom is 0.0804 e. The van der Waals surface area contributed by atoms with E-state index in [-0.39, 0.29) is 0 Å². The fraction of sp³-hybridized carbons (Fsp3) is 0.500.